The van der Waals surface area contributed by atoms with Crippen LogP contribution in [-0.4, -0.2) is 19.2 Å². The van der Waals surface area contributed by atoms with Crippen LogP contribution in [-0.2, 0) is 11.2 Å². The SMILES string of the molecule is COC(=O)NC(C)Cc1ccc(I)cc1. The number of hydrogen-bond acceptors (Lipinski definition) is 2. The van der Waals surface area contributed by atoms with Crippen molar-refractivity contribution >= 4 is 28.7 Å². The van der Waals surface area contributed by atoms with Gasteiger partial charge in [0.05, 0.1) is 7.11 Å². The topological polar surface area (TPSA) is 38.3 Å². The van der Waals surface area contributed by atoms with Gasteiger partial charge in [0.1, 0.15) is 0 Å². The molecule has 1 amide bonds. The second-order valence-corrected chi connectivity index (χ2v) is 4.61. The van der Waals surface area contributed by atoms with Crippen LogP contribution in [0.2, 0.25) is 0 Å². The summed E-state index contributed by atoms with van der Waals surface area (Å²) in [7, 11) is 1.37. The lowest BCUT2D eigenvalue weighted by molar-refractivity contribution is 0.167. The third kappa shape index (κ3) is 4.51. The fourth-order valence-corrected chi connectivity index (χ4v) is 1.64. The Balaban J connectivity index is 2.47. The van der Waals surface area contributed by atoms with E-state index in [2.05, 4.69) is 56.9 Å². The second kappa shape index (κ2) is 5.95. The number of methoxy groups -OCH3 is 1. The van der Waals surface area contributed by atoms with Crippen molar-refractivity contribution in [3.63, 3.8) is 0 Å². The third-order valence-corrected chi connectivity index (χ3v) is 2.72. The fraction of sp³-hybridized carbons (Fsp3) is 0.364. The van der Waals surface area contributed by atoms with Crippen LogP contribution in [0.15, 0.2) is 24.3 Å². The van der Waals surface area contributed by atoms with Gasteiger partial charge in [0.15, 0.2) is 0 Å². The van der Waals surface area contributed by atoms with Crippen LogP contribution in [0.1, 0.15) is 12.5 Å². The third-order valence-electron chi connectivity index (χ3n) is 2.00. The van der Waals surface area contributed by atoms with Crippen LogP contribution < -0.4 is 5.32 Å². The van der Waals surface area contributed by atoms with E-state index < -0.39 is 0 Å². The van der Waals surface area contributed by atoms with Crippen molar-refractivity contribution in [2.45, 2.75) is 19.4 Å². The molecule has 1 atom stereocenters. The minimum atomic E-state index is -0.381. The van der Waals surface area contributed by atoms with E-state index >= 15 is 0 Å². The highest BCUT2D eigenvalue weighted by molar-refractivity contribution is 14.1. The first-order valence-electron chi connectivity index (χ1n) is 4.70. The summed E-state index contributed by atoms with van der Waals surface area (Å²) in [5.41, 5.74) is 1.21. The van der Waals surface area contributed by atoms with Gasteiger partial charge in [0, 0.05) is 9.61 Å². The molecule has 4 heteroatoms. The van der Waals surface area contributed by atoms with Gasteiger partial charge in [-0.25, -0.2) is 4.79 Å². The molecule has 1 rings (SSSR count). The normalized spacial score (nSPS) is 11.9. The molecule has 0 heterocycles. The Morgan fingerprint density at radius 1 is 1.47 bits per heavy atom. The number of hydrogen-bond donors (Lipinski definition) is 1. The Hall–Kier alpha value is -0.780. The second-order valence-electron chi connectivity index (χ2n) is 3.37. The number of benzene rings is 1. The first-order valence-corrected chi connectivity index (χ1v) is 5.78. The van der Waals surface area contributed by atoms with E-state index in [-0.39, 0.29) is 12.1 Å². The van der Waals surface area contributed by atoms with Crippen molar-refractivity contribution in [3.05, 3.63) is 33.4 Å². The zero-order valence-electron chi connectivity index (χ0n) is 8.79. The summed E-state index contributed by atoms with van der Waals surface area (Å²) in [6.45, 7) is 1.95. The van der Waals surface area contributed by atoms with Gasteiger partial charge in [-0.15, -0.1) is 0 Å². The molecule has 0 saturated carbocycles. The van der Waals surface area contributed by atoms with E-state index in [1.807, 2.05) is 6.92 Å². The summed E-state index contributed by atoms with van der Waals surface area (Å²) in [5, 5.41) is 2.73. The molecular formula is C11H14INO2. The lowest BCUT2D eigenvalue weighted by Crippen LogP contribution is -2.33. The minimum absolute atomic E-state index is 0.0810. The Morgan fingerprint density at radius 3 is 2.60 bits per heavy atom. The predicted molar refractivity (Wildman–Crippen MR) is 67.9 cm³/mol. The van der Waals surface area contributed by atoms with Gasteiger partial charge in [-0.3, -0.25) is 0 Å². The van der Waals surface area contributed by atoms with Crippen LogP contribution in [0, 0.1) is 3.57 Å². The average molecular weight is 319 g/mol. The maximum atomic E-state index is 10.9. The molecular weight excluding hydrogens is 305 g/mol. The standard InChI is InChI=1S/C11H14INO2/c1-8(13-11(14)15-2)7-9-3-5-10(12)6-4-9/h3-6,8H,7H2,1-2H3,(H,13,14). The highest BCUT2D eigenvalue weighted by Crippen LogP contribution is 2.08. The molecule has 0 saturated heterocycles. The van der Waals surface area contributed by atoms with Gasteiger partial charge in [-0.05, 0) is 53.6 Å². The highest BCUT2D eigenvalue weighted by Gasteiger charge is 2.07. The molecule has 1 unspecified atom stereocenters. The summed E-state index contributed by atoms with van der Waals surface area (Å²) < 4.78 is 5.74. The fourth-order valence-electron chi connectivity index (χ4n) is 1.29. The molecule has 3 nitrogen and oxygen atoms in total. The van der Waals surface area contributed by atoms with Crippen molar-refractivity contribution in [1.29, 1.82) is 0 Å². The molecule has 1 aromatic carbocycles. The van der Waals surface area contributed by atoms with Crippen molar-refractivity contribution in [2.75, 3.05) is 7.11 Å². The van der Waals surface area contributed by atoms with Crippen LogP contribution in [0.25, 0.3) is 0 Å². The number of carbonyl (C=O) groups is 1. The van der Waals surface area contributed by atoms with Crippen molar-refractivity contribution in [1.82, 2.24) is 5.32 Å². The van der Waals surface area contributed by atoms with E-state index in [1.165, 1.54) is 16.2 Å². The average Bonchev–Trinajstić information content (AvgIpc) is 2.21. The predicted octanol–water partition coefficient (Wildman–Crippen LogP) is 2.58. The van der Waals surface area contributed by atoms with Crippen molar-refractivity contribution < 1.29 is 9.53 Å². The van der Waals surface area contributed by atoms with Crippen LogP contribution in [0.4, 0.5) is 4.79 Å². The number of alkyl carbamates (subject to hydrolysis) is 1. The van der Waals surface area contributed by atoms with E-state index in [4.69, 9.17) is 0 Å². The summed E-state index contributed by atoms with van der Waals surface area (Å²) in [6, 6.07) is 8.33. The Labute approximate surface area is 103 Å². The number of rotatable bonds is 3. The zero-order chi connectivity index (χ0) is 11.3. The first-order chi connectivity index (χ1) is 7.11. The monoisotopic (exact) mass is 319 g/mol. The van der Waals surface area contributed by atoms with Gasteiger partial charge < -0.3 is 10.1 Å². The highest BCUT2D eigenvalue weighted by atomic mass is 127. The van der Waals surface area contributed by atoms with Crippen molar-refractivity contribution in [3.8, 4) is 0 Å². The molecule has 0 bridgehead atoms. The van der Waals surface area contributed by atoms with Crippen LogP contribution in [0.3, 0.4) is 0 Å². The van der Waals surface area contributed by atoms with Gasteiger partial charge >= 0.3 is 6.09 Å². The van der Waals surface area contributed by atoms with Gasteiger partial charge in [0.25, 0.3) is 0 Å². The number of carbonyl (C=O) groups excluding carboxylic acids is 1. The molecule has 0 spiro atoms. The number of amides is 1. The molecule has 0 fully saturated rings. The lowest BCUT2D eigenvalue weighted by atomic mass is 10.1. The van der Waals surface area contributed by atoms with Crippen LogP contribution >= 0.6 is 22.6 Å². The number of halogens is 1. The molecule has 0 aliphatic rings. The largest absolute Gasteiger partial charge is 0.453 e. The Morgan fingerprint density at radius 2 is 2.07 bits per heavy atom. The minimum Gasteiger partial charge on any atom is -0.453 e. The molecule has 15 heavy (non-hydrogen) atoms. The van der Waals surface area contributed by atoms with Gasteiger partial charge in [0.2, 0.25) is 0 Å². The Kier molecular flexibility index (Phi) is 4.87. The van der Waals surface area contributed by atoms with E-state index in [0.717, 1.165) is 6.42 Å². The smallest absolute Gasteiger partial charge is 0.407 e. The molecule has 0 aromatic heterocycles. The van der Waals surface area contributed by atoms with Gasteiger partial charge in [-0.1, -0.05) is 12.1 Å². The first kappa shape index (κ1) is 12.3. The zero-order valence-corrected chi connectivity index (χ0v) is 10.9. The summed E-state index contributed by atoms with van der Waals surface area (Å²) >= 11 is 2.27. The molecule has 0 radical (unpaired) electrons. The van der Waals surface area contributed by atoms with E-state index in [0.29, 0.717) is 0 Å². The van der Waals surface area contributed by atoms with Crippen LogP contribution in [0.5, 0.6) is 0 Å². The summed E-state index contributed by atoms with van der Waals surface area (Å²) in [6.07, 6.45) is 0.430. The number of nitrogens with one attached hydrogen (secondary N) is 1. The molecule has 0 aliphatic carbocycles. The molecule has 82 valence electrons. The quantitative estimate of drug-likeness (QED) is 0.870. The lowest BCUT2D eigenvalue weighted by Gasteiger charge is -2.12. The van der Waals surface area contributed by atoms with E-state index in [9.17, 15) is 4.79 Å². The summed E-state index contributed by atoms with van der Waals surface area (Å²) in [4.78, 5) is 10.9. The van der Waals surface area contributed by atoms with E-state index in [1.54, 1.807) is 0 Å². The molecule has 0 aliphatic heterocycles. The molecule has 1 N–H and O–H groups in total. The number of ether oxygens (including phenoxy) is 1. The maximum absolute atomic E-state index is 10.9. The molecule has 1 aromatic rings. The van der Waals surface area contributed by atoms with Gasteiger partial charge in [-0.2, -0.15) is 0 Å². The van der Waals surface area contributed by atoms with Crippen molar-refractivity contribution in [2.24, 2.45) is 0 Å². The Bertz CT molecular complexity index is 324. The summed E-state index contributed by atoms with van der Waals surface area (Å²) in [5.74, 6) is 0. The maximum Gasteiger partial charge on any atom is 0.407 e.